The predicted molar refractivity (Wildman–Crippen MR) is 30.6 cm³/mol. The van der Waals surface area contributed by atoms with E-state index in [9.17, 15) is 0 Å². The average molecular weight is 228 g/mol. The van der Waals surface area contributed by atoms with E-state index in [0.29, 0.717) is 0 Å². The number of rotatable bonds is 0. The van der Waals surface area contributed by atoms with Crippen LogP contribution in [-0.4, -0.2) is 111 Å². The van der Waals surface area contributed by atoms with Gasteiger partial charge in [-0.1, -0.05) is 0 Å². The van der Waals surface area contributed by atoms with Crippen molar-refractivity contribution >= 4 is 92.3 Å². The van der Waals surface area contributed by atoms with Crippen molar-refractivity contribution in [2.45, 2.75) is 0 Å². The van der Waals surface area contributed by atoms with Crippen LogP contribution in [-0.2, 0) is 0 Å². The first-order valence-electron chi connectivity index (χ1n) is 0.894. The fourth-order valence-corrected chi connectivity index (χ4v) is 0. The zero-order chi connectivity index (χ0) is 4.50. The van der Waals surface area contributed by atoms with Crippen LogP contribution in [0.5, 0.6) is 0 Å². The molecule has 0 saturated carbocycles. The minimum atomic E-state index is -4.61. The molecule has 0 amide bonds. The van der Waals surface area contributed by atoms with E-state index in [0.717, 1.165) is 0 Å². The zero-order valence-corrected chi connectivity index (χ0v) is 10.4. The number of hydrogen-bond donors (Lipinski definition) is 4. The van der Waals surface area contributed by atoms with E-state index in [2.05, 4.69) is 0 Å². The molecular formula is H8CaO4SiSr. The van der Waals surface area contributed by atoms with Crippen LogP contribution in [0.4, 0.5) is 0 Å². The van der Waals surface area contributed by atoms with E-state index in [-0.39, 0.29) is 88.9 Å². The van der Waals surface area contributed by atoms with Crippen molar-refractivity contribution in [3.8, 4) is 0 Å². The van der Waals surface area contributed by atoms with Gasteiger partial charge < -0.3 is 24.9 Å². The molecule has 0 bridgehead atoms. The minimum absolute atomic E-state index is 0. The Labute approximate surface area is 115 Å². The van der Waals surface area contributed by atoms with Crippen LogP contribution in [0.3, 0.4) is 0 Å². The molecule has 0 fully saturated rings. The maximum absolute atomic E-state index is 7.33. The summed E-state index contributed by atoms with van der Waals surface area (Å²) in [4.78, 5) is 29.3. The van der Waals surface area contributed by atoms with Crippen LogP contribution < -0.4 is 0 Å². The first-order chi connectivity index (χ1) is 2.00. The molecule has 0 atom stereocenters. The Morgan fingerprint density at radius 3 is 1.00 bits per heavy atom. The van der Waals surface area contributed by atoms with Gasteiger partial charge in [-0.25, -0.2) is 0 Å². The van der Waals surface area contributed by atoms with Crippen molar-refractivity contribution < 1.29 is 24.9 Å². The first-order valence-corrected chi connectivity index (χ1v) is 2.68. The molecule has 0 saturated heterocycles. The second kappa shape index (κ2) is 6.91. The summed E-state index contributed by atoms with van der Waals surface area (Å²) in [5.74, 6) is 0. The molecule has 0 unspecified atom stereocenters. The second-order valence-electron chi connectivity index (χ2n) is 0.600. The topological polar surface area (TPSA) is 80.9 Å². The Balaban J connectivity index is -0.00000000533. The van der Waals surface area contributed by atoms with E-state index < -0.39 is 9.05 Å². The predicted octanol–water partition coefficient (Wildman–Crippen LogP) is -2.92. The van der Waals surface area contributed by atoms with Crippen molar-refractivity contribution in [3.63, 3.8) is 0 Å². The molecule has 7 heavy (non-hydrogen) atoms. The molecule has 0 aromatic heterocycles. The minimum Gasteiger partial charge on any atom is -1.00 e. The second-order valence-corrected chi connectivity index (χ2v) is 1.80. The van der Waals surface area contributed by atoms with Crippen molar-refractivity contribution in [2.75, 3.05) is 0 Å². The maximum atomic E-state index is 7.33. The number of hydrogen-bond acceptors (Lipinski definition) is 4. The van der Waals surface area contributed by atoms with Gasteiger partial charge in [0.25, 0.3) is 0 Å². The molecule has 0 rings (SSSR count). The van der Waals surface area contributed by atoms with Gasteiger partial charge in [0.1, 0.15) is 0 Å². The fourth-order valence-electron chi connectivity index (χ4n) is 0. The molecular weight excluding hydrogens is 220 g/mol. The van der Waals surface area contributed by atoms with Crippen molar-refractivity contribution in [2.24, 2.45) is 0 Å². The van der Waals surface area contributed by atoms with Crippen LogP contribution in [0.15, 0.2) is 0 Å². The Morgan fingerprint density at radius 2 is 1.00 bits per heavy atom. The van der Waals surface area contributed by atoms with Gasteiger partial charge >= 0.3 is 92.3 Å². The summed E-state index contributed by atoms with van der Waals surface area (Å²) in [7, 11) is -4.61. The van der Waals surface area contributed by atoms with Gasteiger partial charge in [-0.2, -0.15) is 0 Å². The van der Waals surface area contributed by atoms with E-state index in [1.807, 2.05) is 0 Å². The first kappa shape index (κ1) is 16.4. The summed E-state index contributed by atoms with van der Waals surface area (Å²) in [6.07, 6.45) is 0. The van der Waals surface area contributed by atoms with Crippen molar-refractivity contribution in [1.29, 1.82) is 0 Å². The smallest absolute Gasteiger partial charge is 1.00 e. The Bertz CT molecular complexity index is 37.6. The van der Waals surface area contributed by atoms with E-state index >= 15 is 0 Å². The molecule has 0 aliphatic rings. The molecule has 4 nitrogen and oxygen atoms in total. The van der Waals surface area contributed by atoms with Gasteiger partial charge in [-0.05, 0) is 0 Å². The maximum Gasteiger partial charge on any atom is 2.00 e. The third kappa shape index (κ3) is 51.9. The summed E-state index contributed by atoms with van der Waals surface area (Å²) < 4.78 is 0. The van der Waals surface area contributed by atoms with Crippen molar-refractivity contribution in [3.05, 3.63) is 0 Å². The summed E-state index contributed by atoms with van der Waals surface area (Å²) in [5.41, 5.74) is 0. The van der Waals surface area contributed by atoms with Gasteiger partial charge in [0.15, 0.2) is 0 Å². The standard InChI is InChI=1S/Ca.H4O4Si.Sr.4H/c;1-5(2,3)4;;;;;/h;1-4H;;;;;/q+2;;+2;4*-1. The molecule has 0 spiro atoms. The Morgan fingerprint density at radius 1 is 1.00 bits per heavy atom. The van der Waals surface area contributed by atoms with Crippen LogP contribution in [0.1, 0.15) is 5.71 Å². The summed E-state index contributed by atoms with van der Waals surface area (Å²) in [5, 5.41) is 0. The van der Waals surface area contributed by atoms with E-state index in [1.54, 1.807) is 0 Å². The molecule has 0 aromatic carbocycles. The van der Waals surface area contributed by atoms with Gasteiger partial charge in [0.2, 0.25) is 0 Å². The normalized spacial score (nSPS) is 8.57. The van der Waals surface area contributed by atoms with Gasteiger partial charge in [0, 0.05) is 0 Å². The van der Waals surface area contributed by atoms with E-state index in [1.165, 1.54) is 0 Å². The largest absolute Gasteiger partial charge is 2.00 e. The molecule has 0 aromatic rings. The summed E-state index contributed by atoms with van der Waals surface area (Å²) >= 11 is 0. The molecule has 4 N–H and O–H groups in total. The molecule has 0 aliphatic heterocycles. The summed E-state index contributed by atoms with van der Waals surface area (Å²) in [6, 6.07) is 0. The average Bonchev–Trinajstić information content (AvgIpc) is 0.722. The molecule has 0 radical (unpaired) electrons. The van der Waals surface area contributed by atoms with Crippen molar-refractivity contribution in [1.82, 2.24) is 0 Å². The van der Waals surface area contributed by atoms with Gasteiger partial charge in [0.05, 0.1) is 0 Å². The molecule has 0 heterocycles. The quantitative estimate of drug-likeness (QED) is 0.335. The third-order valence-electron chi connectivity index (χ3n) is 0. The molecule has 40 valence electrons. The van der Waals surface area contributed by atoms with Crippen LogP contribution in [0, 0.1) is 0 Å². The Kier molecular flexibility index (Phi) is 16.2. The Hall–Kier alpha value is 2.80. The van der Waals surface area contributed by atoms with Gasteiger partial charge in [-0.15, -0.1) is 0 Å². The third-order valence-corrected chi connectivity index (χ3v) is 0. The van der Waals surface area contributed by atoms with Crippen LogP contribution in [0.2, 0.25) is 0 Å². The van der Waals surface area contributed by atoms with Gasteiger partial charge in [-0.3, -0.25) is 0 Å². The monoisotopic (exact) mass is 228 g/mol. The summed E-state index contributed by atoms with van der Waals surface area (Å²) in [6.45, 7) is 0. The van der Waals surface area contributed by atoms with Crippen LogP contribution in [0.25, 0.3) is 0 Å². The zero-order valence-electron chi connectivity index (χ0n) is 7.70. The van der Waals surface area contributed by atoms with Crippen LogP contribution >= 0.6 is 0 Å². The molecule has 0 aliphatic carbocycles. The fraction of sp³-hybridized carbons (Fsp3) is 0. The molecule has 7 heteroatoms. The SMILES string of the molecule is O[Si](O)(O)O.[Ca+2].[H-].[H-].[H-].[H-].[Sr+2]. The van der Waals surface area contributed by atoms with E-state index in [4.69, 9.17) is 19.2 Å².